The van der Waals surface area contributed by atoms with E-state index in [0.717, 1.165) is 12.8 Å². The van der Waals surface area contributed by atoms with Gasteiger partial charge in [-0.25, -0.2) is 0 Å². The molecule has 4 heteroatoms. The zero-order chi connectivity index (χ0) is 12.8. The van der Waals surface area contributed by atoms with Crippen molar-refractivity contribution in [2.45, 2.75) is 52.1 Å². The van der Waals surface area contributed by atoms with E-state index in [1.807, 2.05) is 13.8 Å². The van der Waals surface area contributed by atoms with Crippen LogP contribution in [-0.2, 0) is 4.79 Å². The fourth-order valence-electron chi connectivity index (χ4n) is 1.75. The van der Waals surface area contributed by atoms with E-state index in [4.69, 9.17) is 5.11 Å². The second kappa shape index (κ2) is 6.86. The fraction of sp³-hybridized carbons (Fsp3) is 0.917. The van der Waals surface area contributed by atoms with Crippen molar-refractivity contribution < 1.29 is 9.90 Å². The summed E-state index contributed by atoms with van der Waals surface area (Å²) in [5.41, 5.74) is -0.572. The van der Waals surface area contributed by atoms with Gasteiger partial charge in [0.15, 0.2) is 0 Å². The van der Waals surface area contributed by atoms with Crippen LogP contribution in [0.1, 0.15) is 40.5 Å². The Hall–Kier alpha value is -0.610. The smallest absolute Gasteiger partial charge is 0.242 e. The topological polar surface area (TPSA) is 52.6 Å². The maximum absolute atomic E-state index is 12.3. The van der Waals surface area contributed by atoms with Gasteiger partial charge in [-0.05, 0) is 33.7 Å². The molecule has 4 nitrogen and oxygen atoms in total. The number of nitrogens with zero attached hydrogens (tertiary/aromatic N) is 1. The van der Waals surface area contributed by atoms with Gasteiger partial charge < -0.3 is 15.3 Å². The minimum atomic E-state index is -0.572. The molecular formula is C12H26N2O2. The van der Waals surface area contributed by atoms with Crippen LogP contribution in [0.3, 0.4) is 0 Å². The summed E-state index contributed by atoms with van der Waals surface area (Å²) in [6.45, 7) is 8.29. The molecule has 0 aliphatic carbocycles. The lowest BCUT2D eigenvalue weighted by Crippen LogP contribution is -2.56. The highest BCUT2D eigenvalue weighted by Crippen LogP contribution is 2.14. The van der Waals surface area contributed by atoms with E-state index in [2.05, 4.69) is 19.2 Å². The van der Waals surface area contributed by atoms with Crippen molar-refractivity contribution in [1.29, 1.82) is 0 Å². The third kappa shape index (κ3) is 3.76. The number of amides is 1. The Morgan fingerprint density at radius 1 is 1.38 bits per heavy atom. The molecule has 0 unspecified atom stereocenters. The van der Waals surface area contributed by atoms with Crippen LogP contribution in [0.15, 0.2) is 0 Å². The first kappa shape index (κ1) is 15.4. The zero-order valence-corrected chi connectivity index (χ0v) is 11.2. The van der Waals surface area contributed by atoms with Gasteiger partial charge in [0.05, 0.1) is 12.1 Å². The van der Waals surface area contributed by atoms with Gasteiger partial charge in [-0.2, -0.15) is 0 Å². The summed E-state index contributed by atoms with van der Waals surface area (Å²) in [5, 5.41) is 12.1. The summed E-state index contributed by atoms with van der Waals surface area (Å²) in [4.78, 5) is 14.1. The number of carbonyl (C=O) groups excluding carboxylic acids is 1. The largest absolute Gasteiger partial charge is 0.395 e. The van der Waals surface area contributed by atoms with E-state index in [-0.39, 0.29) is 18.6 Å². The second-order valence-electron chi connectivity index (χ2n) is 4.57. The van der Waals surface area contributed by atoms with Crippen LogP contribution < -0.4 is 5.32 Å². The molecule has 0 aromatic heterocycles. The van der Waals surface area contributed by atoms with Crippen molar-refractivity contribution in [3.8, 4) is 0 Å². The molecule has 0 aromatic carbocycles. The molecule has 16 heavy (non-hydrogen) atoms. The van der Waals surface area contributed by atoms with Gasteiger partial charge in [-0.15, -0.1) is 0 Å². The normalized spacial score (nSPS) is 11.9. The van der Waals surface area contributed by atoms with Gasteiger partial charge in [-0.1, -0.05) is 13.8 Å². The number of hydrogen-bond acceptors (Lipinski definition) is 3. The van der Waals surface area contributed by atoms with E-state index in [9.17, 15) is 4.79 Å². The number of hydrogen-bond donors (Lipinski definition) is 2. The van der Waals surface area contributed by atoms with E-state index < -0.39 is 5.54 Å². The van der Waals surface area contributed by atoms with Crippen LogP contribution in [-0.4, -0.2) is 47.7 Å². The maximum Gasteiger partial charge on any atom is 0.242 e. The summed E-state index contributed by atoms with van der Waals surface area (Å²) in [5.74, 6) is 0.0535. The first-order valence-corrected chi connectivity index (χ1v) is 6.05. The molecule has 96 valence electrons. The van der Waals surface area contributed by atoms with Gasteiger partial charge in [0, 0.05) is 12.6 Å². The monoisotopic (exact) mass is 230 g/mol. The Morgan fingerprint density at radius 2 is 1.88 bits per heavy atom. The molecule has 0 aliphatic heterocycles. The molecular weight excluding hydrogens is 204 g/mol. The Kier molecular flexibility index (Phi) is 6.60. The third-order valence-electron chi connectivity index (χ3n) is 3.14. The summed E-state index contributed by atoms with van der Waals surface area (Å²) < 4.78 is 0. The number of aliphatic hydroxyl groups excluding tert-OH is 1. The standard InChI is InChI=1S/C12H26N2O2/c1-6-10(7-2)14(8-9-15)11(16)12(3,4)13-5/h10,13,15H,6-9H2,1-5H3. The molecule has 0 aromatic rings. The molecule has 0 spiro atoms. The highest BCUT2D eigenvalue weighted by Gasteiger charge is 2.32. The fourth-order valence-corrected chi connectivity index (χ4v) is 1.75. The number of rotatable bonds is 7. The quantitative estimate of drug-likeness (QED) is 0.686. The number of carbonyl (C=O) groups is 1. The average Bonchev–Trinajstić information content (AvgIpc) is 2.28. The predicted molar refractivity (Wildman–Crippen MR) is 66.3 cm³/mol. The first-order chi connectivity index (χ1) is 7.44. The van der Waals surface area contributed by atoms with Crippen molar-refractivity contribution >= 4 is 5.91 Å². The Labute approximate surface area is 99.0 Å². The summed E-state index contributed by atoms with van der Waals surface area (Å²) in [6.07, 6.45) is 1.84. The predicted octanol–water partition coefficient (Wildman–Crippen LogP) is 0.994. The van der Waals surface area contributed by atoms with Crippen LogP contribution in [0.5, 0.6) is 0 Å². The number of aliphatic hydroxyl groups is 1. The van der Waals surface area contributed by atoms with Crippen molar-refractivity contribution in [3.63, 3.8) is 0 Å². The molecule has 0 saturated heterocycles. The molecule has 0 atom stereocenters. The summed E-state index contributed by atoms with van der Waals surface area (Å²) in [7, 11) is 1.78. The minimum absolute atomic E-state index is 0.0159. The van der Waals surface area contributed by atoms with Crippen LogP contribution in [0.25, 0.3) is 0 Å². The number of likely N-dealkylation sites (N-methyl/N-ethyl adjacent to an activating group) is 1. The molecule has 0 fully saturated rings. The van der Waals surface area contributed by atoms with Gasteiger partial charge >= 0.3 is 0 Å². The molecule has 2 N–H and O–H groups in total. The molecule has 0 rings (SSSR count). The van der Waals surface area contributed by atoms with Crippen molar-refractivity contribution in [3.05, 3.63) is 0 Å². The van der Waals surface area contributed by atoms with E-state index in [1.54, 1.807) is 11.9 Å². The van der Waals surface area contributed by atoms with E-state index in [0.29, 0.717) is 6.54 Å². The Morgan fingerprint density at radius 3 is 2.19 bits per heavy atom. The highest BCUT2D eigenvalue weighted by atomic mass is 16.3. The van der Waals surface area contributed by atoms with Crippen molar-refractivity contribution in [1.82, 2.24) is 10.2 Å². The lowest BCUT2D eigenvalue weighted by atomic mass is 10.0. The van der Waals surface area contributed by atoms with Crippen molar-refractivity contribution in [2.24, 2.45) is 0 Å². The van der Waals surface area contributed by atoms with E-state index >= 15 is 0 Å². The molecule has 0 aliphatic rings. The molecule has 1 amide bonds. The van der Waals surface area contributed by atoms with Gasteiger partial charge in [0.1, 0.15) is 0 Å². The summed E-state index contributed by atoms with van der Waals surface area (Å²) >= 11 is 0. The lowest BCUT2D eigenvalue weighted by molar-refractivity contribution is -0.140. The van der Waals surface area contributed by atoms with Crippen LogP contribution in [0.2, 0.25) is 0 Å². The molecule has 0 radical (unpaired) electrons. The highest BCUT2D eigenvalue weighted by molar-refractivity contribution is 5.85. The van der Waals surface area contributed by atoms with Crippen LogP contribution in [0.4, 0.5) is 0 Å². The van der Waals surface area contributed by atoms with Crippen molar-refractivity contribution in [2.75, 3.05) is 20.2 Å². The molecule has 0 bridgehead atoms. The lowest BCUT2D eigenvalue weighted by Gasteiger charge is -2.36. The zero-order valence-electron chi connectivity index (χ0n) is 11.2. The van der Waals surface area contributed by atoms with Crippen LogP contribution in [0, 0.1) is 0 Å². The molecule has 0 saturated carbocycles. The third-order valence-corrected chi connectivity index (χ3v) is 3.14. The second-order valence-corrected chi connectivity index (χ2v) is 4.57. The van der Waals surface area contributed by atoms with Gasteiger partial charge in [0.25, 0.3) is 0 Å². The van der Waals surface area contributed by atoms with Gasteiger partial charge in [0.2, 0.25) is 5.91 Å². The first-order valence-electron chi connectivity index (χ1n) is 6.05. The minimum Gasteiger partial charge on any atom is -0.395 e. The Balaban J connectivity index is 4.83. The van der Waals surface area contributed by atoms with Gasteiger partial charge in [-0.3, -0.25) is 4.79 Å². The van der Waals surface area contributed by atoms with E-state index in [1.165, 1.54) is 0 Å². The number of nitrogens with one attached hydrogen (secondary N) is 1. The Bertz CT molecular complexity index is 213. The SMILES string of the molecule is CCC(CC)N(CCO)C(=O)C(C)(C)NC. The van der Waals surface area contributed by atoms with Crippen LogP contribution >= 0.6 is 0 Å². The average molecular weight is 230 g/mol. The summed E-state index contributed by atoms with van der Waals surface area (Å²) in [6, 6.07) is 0.215. The maximum atomic E-state index is 12.3. The molecule has 0 heterocycles.